The first-order chi connectivity index (χ1) is 15.3. The fourth-order valence-corrected chi connectivity index (χ4v) is 3.06. The van der Waals surface area contributed by atoms with Crippen molar-refractivity contribution in [3.63, 3.8) is 0 Å². The molecule has 2 aromatic rings. The third kappa shape index (κ3) is 5.39. The number of aliphatic hydroxyl groups excluding tert-OH is 1. The van der Waals surface area contributed by atoms with Crippen LogP contribution in [0.5, 0.6) is 5.75 Å². The third-order valence-electron chi connectivity index (χ3n) is 4.63. The molecule has 1 fully saturated rings. The molecule has 1 aliphatic rings. The number of hydrogen-bond acceptors (Lipinski definition) is 7. The van der Waals surface area contributed by atoms with E-state index in [4.69, 9.17) is 25.7 Å². The number of amidine groups is 1. The van der Waals surface area contributed by atoms with Gasteiger partial charge in [-0.05, 0) is 36.4 Å². The van der Waals surface area contributed by atoms with E-state index in [1.807, 2.05) is 0 Å². The SMILES string of the molecule is N=C(N)c1ccc(NC(=O)C(O)C2OCCN(c3cccc(OCC(=O)O)c3)C2=O)cc1. The first-order valence-corrected chi connectivity index (χ1v) is 9.57. The Bertz CT molecular complexity index is 1030. The number of ether oxygens (including phenoxy) is 2. The summed E-state index contributed by atoms with van der Waals surface area (Å²) in [6.45, 7) is -0.276. The minimum absolute atomic E-state index is 0.0776. The molecular formula is C21H22N4O7. The second-order valence-corrected chi connectivity index (χ2v) is 6.89. The van der Waals surface area contributed by atoms with E-state index in [-0.39, 0.29) is 24.7 Å². The highest BCUT2D eigenvalue weighted by atomic mass is 16.5. The van der Waals surface area contributed by atoms with Gasteiger partial charge in [-0.1, -0.05) is 6.07 Å². The molecule has 1 saturated heterocycles. The van der Waals surface area contributed by atoms with Crippen LogP contribution in [0.1, 0.15) is 5.56 Å². The summed E-state index contributed by atoms with van der Waals surface area (Å²) in [5, 5.41) is 29.1. The van der Waals surface area contributed by atoms with E-state index in [0.717, 1.165) is 0 Å². The molecule has 2 atom stereocenters. The van der Waals surface area contributed by atoms with Crippen LogP contribution in [0.2, 0.25) is 0 Å². The number of rotatable bonds is 8. The van der Waals surface area contributed by atoms with Gasteiger partial charge in [-0.25, -0.2) is 4.79 Å². The number of hydrogen-bond donors (Lipinski definition) is 5. The number of morpholine rings is 1. The number of aliphatic hydroxyl groups is 1. The van der Waals surface area contributed by atoms with Crippen molar-refractivity contribution in [1.29, 1.82) is 5.41 Å². The Hall–Kier alpha value is -3.96. The standard InChI is InChI=1S/C21H22N4O7/c22-19(23)12-4-6-13(7-5-12)24-20(29)17(28)18-21(30)25(8-9-31-18)14-2-1-3-15(10-14)32-11-16(26)27/h1-7,10,17-18,28H,8-9,11H2,(H3,22,23)(H,24,29)(H,26,27). The van der Waals surface area contributed by atoms with Crippen molar-refractivity contribution in [1.82, 2.24) is 0 Å². The average molecular weight is 442 g/mol. The largest absolute Gasteiger partial charge is 0.482 e. The molecule has 168 valence electrons. The Morgan fingerprint density at radius 2 is 2.00 bits per heavy atom. The minimum atomic E-state index is -1.77. The molecule has 1 heterocycles. The highest BCUT2D eigenvalue weighted by Gasteiger charge is 2.39. The number of carboxylic acid groups (broad SMARTS) is 1. The predicted molar refractivity (Wildman–Crippen MR) is 114 cm³/mol. The van der Waals surface area contributed by atoms with Gasteiger partial charge in [-0.3, -0.25) is 15.0 Å². The molecule has 0 saturated carbocycles. The van der Waals surface area contributed by atoms with E-state index < -0.39 is 36.6 Å². The molecule has 0 spiro atoms. The van der Waals surface area contributed by atoms with Crippen LogP contribution in [0.4, 0.5) is 11.4 Å². The van der Waals surface area contributed by atoms with E-state index in [9.17, 15) is 19.5 Å². The van der Waals surface area contributed by atoms with Gasteiger partial charge in [0.25, 0.3) is 11.8 Å². The third-order valence-corrected chi connectivity index (χ3v) is 4.63. The first-order valence-electron chi connectivity index (χ1n) is 9.57. The maximum Gasteiger partial charge on any atom is 0.341 e. The lowest BCUT2D eigenvalue weighted by atomic mass is 10.1. The monoisotopic (exact) mass is 442 g/mol. The van der Waals surface area contributed by atoms with Crippen molar-refractivity contribution in [2.45, 2.75) is 12.2 Å². The van der Waals surface area contributed by atoms with Gasteiger partial charge in [0.05, 0.1) is 6.61 Å². The van der Waals surface area contributed by atoms with Gasteiger partial charge in [0.15, 0.2) is 18.8 Å². The number of aliphatic carboxylic acids is 1. The Morgan fingerprint density at radius 3 is 2.66 bits per heavy atom. The maximum atomic E-state index is 12.9. The molecule has 0 aliphatic carbocycles. The molecule has 0 radical (unpaired) electrons. The summed E-state index contributed by atoms with van der Waals surface area (Å²) >= 11 is 0. The van der Waals surface area contributed by atoms with Crippen molar-refractivity contribution in [2.24, 2.45) is 5.73 Å². The zero-order valence-electron chi connectivity index (χ0n) is 16.9. The molecule has 0 aromatic heterocycles. The first kappa shape index (κ1) is 22.7. The molecule has 6 N–H and O–H groups in total. The summed E-state index contributed by atoms with van der Waals surface area (Å²) in [4.78, 5) is 37.4. The lowest BCUT2D eigenvalue weighted by Crippen LogP contribution is -2.55. The van der Waals surface area contributed by atoms with E-state index in [0.29, 0.717) is 16.9 Å². The molecule has 2 aromatic carbocycles. The van der Waals surface area contributed by atoms with Crippen molar-refractivity contribution in [3.8, 4) is 5.75 Å². The van der Waals surface area contributed by atoms with Crippen LogP contribution in [-0.4, -0.2) is 65.8 Å². The summed E-state index contributed by atoms with van der Waals surface area (Å²) in [5.41, 5.74) is 6.63. The number of nitrogen functional groups attached to an aromatic ring is 1. The van der Waals surface area contributed by atoms with Crippen LogP contribution >= 0.6 is 0 Å². The second-order valence-electron chi connectivity index (χ2n) is 6.89. The van der Waals surface area contributed by atoms with Gasteiger partial charge in [0.2, 0.25) is 0 Å². The number of nitrogens with two attached hydrogens (primary N) is 1. The highest BCUT2D eigenvalue weighted by Crippen LogP contribution is 2.25. The van der Waals surface area contributed by atoms with Gasteiger partial charge in [0.1, 0.15) is 11.6 Å². The molecule has 2 amide bonds. The van der Waals surface area contributed by atoms with Gasteiger partial charge >= 0.3 is 5.97 Å². The molecule has 11 nitrogen and oxygen atoms in total. The fourth-order valence-electron chi connectivity index (χ4n) is 3.06. The van der Waals surface area contributed by atoms with Gasteiger partial charge < -0.3 is 35.6 Å². The molecular weight excluding hydrogens is 420 g/mol. The van der Waals surface area contributed by atoms with Crippen molar-refractivity contribution in [3.05, 3.63) is 54.1 Å². The van der Waals surface area contributed by atoms with Crippen LogP contribution in [0, 0.1) is 5.41 Å². The molecule has 11 heteroatoms. The maximum absolute atomic E-state index is 12.9. The topological polar surface area (TPSA) is 175 Å². The van der Waals surface area contributed by atoms with Crippen LogP contribution in [-0.2, 0) is 19.1 Å². The van der Waals surface area contributed by atoms with E-state index in [1.165, 1.54) is 35.2 Å². The summed E-state index contributed by atoms with van der Waals surface area (Å²) in [5.74, 6) is -2.46. The lowest BCUT2D eigenvalue weighted by molar-refractivity contribution is -0.150. The van der Waals surface area contributed by atoms with Gasteiger partial charge in [-0.2, -0.15) is 0 Å². The van der Waals surface area contributed by atoms with Crippen molar-refractivity contribution >= 4 is 35.0 Å². The summed E-state index contributed by atoms with van der Waals surface area (Å²) in [6, 6.07) is 12.4. The summed E-state index contributed by atoms with van der Waals surface area (Å²) < 4.78 is 10.5. The van der Waals surface area contributed by atoms with Crippen molar-refractivity contribution in [2.75, 3.05) is 30.0 Å². The molecule has 1 aliphatic heterocycles. The quantitative estimate of drug-likeness (QED) is 0.284. The number of carbonyl (C=O) groups is 3. The summed E-state index contributed by atoms with van der Waals surface area (Å²) in [6.07, 6.45) is -3.20. The number of anilines is 2. The predicted octanol–water partition coefficient (Wildman–Crippen LogP) is 0.165. The van der Waals surface area contributed by atoms with Gasteiger partial charge in [-0.15, -0.1) is 0 Å². The molecule has 2 unspecified atom stereocenters. The van der Waals surface area contributed by atoms with Crippen LogP contribution in [0.3, 0.4) is 0 Å². The Balaban J connectivity index is 1.68. The Labute approximate surface area is 182 Å². The van der Waals surface area contributed by atoms with Crippen LogP contribution < -0.4 is 20.7 Å². The van der Waals surface area contributed by atoms with Crippen LogP contribution in [0.15, 0.2) is 48.5 Å². The van der Waals surface area contributed by atoms with Crippen LogP contribution in [0.25, 0.3) is 0 Å². The zero-order valence-corrected chi connectivity index (χ0v) is 16.9. The Morgan fingerprint density at radius 1 is 1.28 bits per heavy atom. The van der Waals surface area contributed by atoms with E-state index >= 15 is 0 Å². The Kier molecular flexibility index (Phi) is 7.03. The molecule has 32 heavy (non-hydrogen) atoms. The number of amides is 2. The summed E-state index contributed by atoms with van der Waals surface area (Å²) in [7, 11) is 0. The van der Waals surface area contributed by atoms with Gasteiger partial charge in [0, 0.05) is 29.5 Å². The minimum Gasteiger partial charge on any atom is -0.482 e. The van der Waals surface area contributed by atoms with E-state index in [1.54, 1.807) is 18.2 Å². The number of benzene rings is 2. The number of carbonyl (C=O) groups excluding carboxylic acids is 2. The fraction of sp³-hybridized carbons (Fsp3) is 0.238. The van der Waals surface area contributed by atoms with E-state index in [2.05, 4.69) is 5.32 Å². The second kappa shape index (κ2) is 9.90. The highest BCUT2D eigenvalue weighted by molar-refractivity contribution is 6.04. The number of nitrogens with zero attached hydrogens (tertiary/aromatic N) is 1. The normalized spacial score (nSPS) is 16.8. The molecule has 0 bridgehead atoms. The average Bonchev–Trinajstić information content (AvgIpc) is 2.78. The molecule has 3 rings (SSSR count). The number of carboxylic acids is 1. The lowest BCUT2D eigenvalue weighted by Gasteiger charge is -2.34. The smallest absolute Gasteiger partial charge is 0.341 e. The zero-order chi connectivity index (χ0) is 23.3. The number of nitrogens with one attached hydrogen (secondary N) is 2. The van der Waals surface area contributed by atoms with Crippen molar-refractivity contribution < 1.29 is 34.1 Å².